The van der Waals surface area contributed by atoms with Crippen molar-refractivity contribution in [1.82, 2.24) is 10.6 Å². The molecule has 0 aromatic heterocycles. The van der Waals surface area contributed by atoms with E-state index in [9.17, 15) is 19.2 Å². The summed E-state index contributed by atoms with van der Waals surface area (Å²) in [6, 6.07) is -1.39. The van der Waals surface area contributed by atoms with Crippen LogP contribution >= 0.6 is 0 Å². The summed E-state index contributed by atoms with van der Waals surface area (Å²) < 4.78 is 5.86. The molecular weight excluding hydrogens is 596 g/mol. The van der Waals surface area contributed by atoms with Gasteiger partial charge in [0.25, 0.3) is 0 Å². The second kappa shape index (κ2) is 33.5. The summed E-state index contributed by atoms with van der Waals surface area (Å²) in [5.74, 6) is -2.39. The summed E-state index contributed by atoms with van der Waals surface area (Å²) in [4.78, 5) is 47.3. The number of aliphatic carboxylic acids is 1. The fourth-order valence-electron chi connectivity index (χ4n) is 5.51. The number of aliphatic hydroxyl groups is 1. The lowest BCUT2D eigenvalue weighted by Gasteiger charge is -2.15. The molecule has 0 saturated heterocycles. The number of esters is 1. The third-order valence-electron chi connectivity index (χ3n) is 8.50. The SMILES string of the molecule is CCCCCC/C=C\C(CCCCCCC(=O)NCC(=O)NC(CO)C(=O)O)OC(=O)CCCCCCCCCCCCCCCC. The van der Waals surface area contributed by atoms with Crippen LogP contribution < -0.4 is 10.6 Å². The molecule has 9 nitrogen and oxygen atoms in total. The number of carboxylic acid groups (broad SMARTS) is 1. The van der Waals surface area contributed by atoms with Crippen molar-refractivity contribution in [2.45, 2.75) is 193 Å². The highest BCUT2D eigenvalue weighted by Crippen LogP contribution is 2.16. The molecule has 0 saturated carbocycles. The van der Waals surface area contributed by atoms with Crippen molar-refractivity contribution in [3.63, 3.8) is 0 Å². The zero-order valence-electron chi connectivity index (χ0n) is 30.0. The van der Waals surface area contributed by atoms with E-state index in [1.165, 1.54) is 96.3 Å². The number of nitrogens with one attached hydrogen (secondary N) is 2. The van der Waals surface area contributed by atoms with Crippen LogP contribution in [-0.4, -0.2) is 59.3 Å². The third kappa shape index (κ3) is 30.7. The van der Waals surface area contributed by atoms with Crippen molar-refractivity contribution in [3.05, 3.63) is 12.2 Å². The van der Waals surface area contributed by atoms with Gasteiger partial charge in [-0.3, -0.25) is 14.4 Å². The highest BCUT2D eigenvalue weighted by atomic mass is 16.5. The largest absolute Gasteiger partial charge is 0.480 e. The first kappa shape index (κ1) is 44.6. The summed E-state index contributed by atoms with van der Waals surface area (Å²) in [5.41, 5.74) is 0. The molecule has 4 N–H and O–H groups in total. The first-order valence-electron chi connectivity index (χ1n) is 19.1. The van der Waals surface area contributed by atoms with Gasteiger partial charge in [0.05, 0.1) is 13.2 Å². The molecule has 0 radical (unpaired) electrons. The lowest BCUT2D eigenvalue weighted by molar-refractivity contribution is -0.147. The predicted molar refractivity (Wildman–Crippen MR) is 190 cm³/mol. The molecule has 0 aromatic rings. The molecule has 2 unspecified atom stereocenters. The zero-order chi connectivity index (χ0) is 34.8. The maximum Gasteiger partial charge on any atom is 0.328 e. The summed E-state index contributed by atoms with van der Waals surface area (Å²) in [6.07, 6.45) is 32.6. The van der Waals surface area contributed by atoms with E-state index in [2.05, 4.69) is 36.6 Å². The molecule has 0 aliphatic heterocycles. The normalized spacial score (nSPS) is 12.6. The molecule has 274 valence electrons. The van der Waals surface area contributed by atoms with Gasteiger partial charge < -0.3 is 25.6 Å². The van der Waals surface area contributed by atoms with Crippen LogP contribution in [-0.2, 0) is 23.9 Å². The first-order chi connectivity index (χ1) is 22.8. The average Bonchev–Trinajstić information content (AvgIpc) is 3.05. The van der Waals surface area contributed by atoms with Crippen molar-refractivity contribution < 1.29 is 34.1 Å². The van der Waals surface area contributed by atoms with Crippen LogP contribution in [0.2, 0.25) is 0 Å². The quantitative estimate of drug-likeness (QED) is 0.0307. The van der Waals surface area contributed by atoms with Crippen LogP contribution in [0.4, 0.5) is 0 Å². The minimum Gasteiger partial charge on any atom is -0.480 e. The minimum absolute atomic E-state index is 0.112. The van der Waals surface area contributed by atoms with E-state index in [1.807, 2.05) is 0 Å². The van der Waals surface area contributed by atoms with Gasteiger partial charge in [-0.2, -0.15) is 0 Å². The first-order valence-corrected chi connectivity index (χ1v) is 19.1. The highest BCUT2D eigenvalue weighted by molar-refractivity contribution is 5.87. The number of allylic oxidation sites excluding steroid dienone is 1. The van der Waals surface area contributed by atoms with Crippen LogP contribution in [0.25, 0.3) is 0 Å². The summed E-state index contributed by atoms with van der Waals surface area (Å²) in [7, 11) is 0. The van der Waals surface area contributed by atoms with Crippen LogP contribution in [0, 0.1) is 0 Å². The third-order valence-corrected chi connectivity index (χ3v) is 8.50. The standard InChI is InChI=1S/C38H70N2O7/c1-3-5-7-9-11-12-13-14-15-16-17-18-20-26-30-37(44)47-33(27-23-19-10-8-6-4-2)28-24-21-22-25-29-35(42)39-31-36(43)40-34(32-41)38(45)46/h23,27,33-34,41H,3-22,24-26,28-32H2,1-2H3,(H,39,42)(H,40,43)(H,45,46)/b27-23-. The van der Waals surface area contributed by atoms with Crippen LogP contribution in [0.3, 0.4) is 0 Å². The van der Waals surface area contributed by atoms with Crippen molar-refractivity contribution in [1.29, 1.82) is 0 Å². The molecule has 0 aliphatic rings. The topological polar surface area (TPSA) is 142 Å². The molecule has 47 heavy (non-hydrogen) atoms. The Balaban J connectivity index is 4.17. The maximum atomic E-state index is 12.6. The summed E-state index contributed by atoms with van der Waals surface area (Å²) in [5, 5.41) is 22.5. The van der Waals surface area contributed by atoms with E-state index in [1.54, 1.807) is 0 Å². The number of carbonyl (C=O) groups excluding carboxylic acids is 3. The van der Waals surface area contributed by atoms with Gasteiger partial charge >= 0.3 is 11.9 Å². The molecule has 0 heterocycles. The molecule has 0 aliphatic carbocycles. The number of hydrogen-bond donors (Lipinski definition) is 4. The Hall–Kier alpha value is -2.42. The van der Waals surface area contributed by atoms with E-state index >= 15 is 0 Å². The molecule has 2 amide bonds. The summed E-state index contributed by atoms with van der Waals surface area (Å²) >= 11 is 0. The smallest absolute Gasteiger partial charge is 0.328 e. The van der Waals surface area contributed by atoms with Crippen molar-refractivity contribution >= 4 is 23.8 Å². The van der Waals surface area contributed by atoms with Gasteiger partial charge in [-0.05, 0) is 44.6 Å². The van der Waals surface area contributed by atoms with E-state index in [0.29, 0.717) is 12.8 Å². The number of rotatable bonds is 34. The molecule has 0 fully saturated rings. The van der Waals surface area contributed by atoms with Crippen LogP contribution in [0.15, 0.2) is 12.2 Å². The molecule has 0 spiro atoms. The lowest BCUT2D eigenvalue weighted by atomic mass is 10.0. The molecule has 0 aromatic carbocycles. The Morgan fingerprint density at radius 3 is 1.66 bits per heavy atom. The fourth-order valence-corrected chi connectivity index (χ4v) is 5.51. The molecule has 0 bridgehead atoms. The van der Waals surface area contributed by atoms with E-state index in [0.717, 1.165) is 51.4 Å². The van der Waals surface area contributed by atoms with Crippen molar-refractivity contribution in [2.75, 3.05) is 13.2 Å². The van der Waals surface area contributed by atoms with Gasteiger partial charge in [0, 0.05) is 12.8 Å². The van der Waals surface area contributed by atoms with Gasteiger partial charge in [0.2, 0.25) is 11.8 Å². The Bertz CT molecular complexity index is 818. The van der Waals surface area contributed by atoms with Crippen LogP contribution in [0.5, 0.6) is 0 Å². The van der Waals surface area contributed by atoms with Crippen molar-refractivity contribution in [3.8, 4) is 0 Å². The van der Waals surface area contributed by atoms with Gasteiger partial charge in [-0.1, -0.05) is 135 Å². The summed E-state index contributed by atoms with van der Waals surface area (Å²) in [6.45, 7) is 3.41. The van der Waals surface area contributed by atoms with Crippen LogP contribution in [0.1, 0.15) is 181 Å². The van der Waals surface area contributed by atoms with E-state index in [-0.39, 0.29) is 30.9 Å². The fraction of sp³-hybridized carbons (Fsp3) is 0.842. The molecule has 0 rings (SSSR count). The number of carboxylic acids is 1. The number of unbranched alkanes of at least 4 members (excludes halogenated alkanes) is 20. The number of amides is 2. The number of hydrogen-bond acceptors (Lipinski definition) is 6. The number of aliphatic hydroxyl groups excluding tert-OH is 1. The molecule has 2 atom stereocenters. The Morgan fingerprint density at radius 2 is 1.13 bits per heavy atom. The lowest BCUT2D eigenvalue weighted by Crippen LogP contribution is -2.47. The van der Waals surface area contributed by atoms with Crippen molar-refractivity contribution in [2.24, 2.45) is 0 Å². The minimum atomic E-state index is -1.39. The van der Waals surface area contributed by atoms with Gasteiger partial charge in [-0.25, -0.2) is 4.79 Å². The van der Waals surface area contributed by atoms with E-state index < -0.39 is 24.5 Å². The zero-order valence-corrected chi connectivity index (χ0v) is 30.0. The second-order valence-corrected chi connectivity index (χ2v) is 13.0. The monoisotopic (exact) mass is 667 g/mol. The number of ether oxygens (including phenoxy) is 1. The van der Waals surface area contributed by atoms with Gasteiger partial charge in [0.1, 0.15) is 12.1 Å². The Morgan fingerprint density at radius 1 is 0.638 bits per heavy atom. The molecular formula is C38H70N2O7. The van der Waals surface area contributed by atoms with E-state index in [4.69, 9.17) is 14.9 Å². The van der Waals surface area contributed by atoms with Gasteiger partial charge in [0.15, 0.2) is 0 Å². The maximum absolute atomic E-state index is 12.6. The number of carbonyl (C=O) groups is 4. The average molecular weight is 667 g/mol. The second-order valence-electron chi connectivity index (χ2n) is 13.0. The Labute approximate surface area is 286 Å². The molecule has 9 heteroatoms. The highest BCUT2D eigenvalue weighted by Gasteiger charge is 2.18. The Kier molecular flexibility index (Phi) is 31.8. The predicted octanol–water partition coefficient (Wildman–Crippen LogP) is 8.31. The van der Waals surface area contributed by atoms with Gasteiger partial charge in [-0.15, -0.1) is 0 Å².